The van der Waals surface area contributed by atoms with Crippen LogP contribution in [0.4, 0.5) is 11.4 Å². The highest BCUT2D eigenvalue weighted by atomic mass is 16.5. The fourth-order valence-corrected chi connectivity index (χ4v) is 11.1. The van der Waals surface area contributed by atoms with E-state index >= 15 is 0 Å². The van der Waals surface area contributed by atoms with Crippen LogP contribution >= 0.6 is 0 Å². The van der Waals surface area contributed by atoms with Gasteiger partial charge >= 0.3 is 23.9 Å². The summed E-state index contributed by atoms with van der Waals surface area (Å²) in [5.41, 5.74) is 15.7. The van der Waals surface area contributed by atoms with Gasteiger partial charge in [-0.3, -0.25) is 36.8 Å². The van der Waals surface area contributed by atoms with Crippen molar-refractivity contribution in [2.75, 3.05) is 80.6 Å². The van der Waals surface area contributed by atoms with E-state index in [0.717, 1.165) is 78.2 Å². The van der Waals surface area contributed by atoms with Gasteiger partial charge in [0.25, 0.3) is 5.91 Å². The zero-order chi connectivity index (χ0) is 79.8. The Hall–Kier alpha value is -15.5. The van der Waals surface area contributed by atoms with E-state index < -0.39 is 23.9 Å². The number of imidazole rings is 5. The zero-order valence-electron chi connectivity index (χ0n) is 62.3. The van der Waals surface area contributed by atoms with Crippen molar-refractivity contribution in [3.05, 3.63) is 218 Å². The third-order valence-corrected chi connectivity index (χ3v) is 16.5. The predicted molar refractivity (Wildman–Crippen MR) is 414 cm³/mol. The number of fused-ring (bicyclic) bond motifs is 15. The van der Waals surface area contributed by atoms with E-state index in [1.807, 2.05) is 93.7 Å². The van der Waals surface area contributed by atoms with Crippen LogP contribution in [-0.2, 0) is 14.2 Å². The fourth-order valence-electron chi connectivity index (χ4n) is 11.1. The van der Waals surface area contributed by atoms with Crippen LogP contribution in [0.2, 0.25) is 0 Å². The minimum absolute atomic E-state index is 0.0234. The predicted octanol–water partition coefficient (Wildman–Crippen LogP) is 11.0. The molecule has 0 bridgehead atoms. The Balaban J connectivity index is 0.000000128. The van der Waals surface area contributed by atoms with Crippen molar-refractivity contribution in [2.45, 2.75) is 20.8 Å². The maximum Gasteiger partial charge on any atom is 0.357 e. The molecule has 0 fully saturated rings. The molecule has 0 saturated heterocycles. The molecular formula is C78H71N19O16. The van der Waals surface area contributed by atoms with Crippen LogP contribution in [0.25, 0.3) is 84.1 Å². The van der Waals surface area contributed by atoms with E-state index in [1.165, 1.54) is 19.4 Å². The van der Waals surface area contributed by atoms with Gasteiger partial charge in [-0.25, -0.2) is 69.0 Å². The van der Waals surface area contributed by atoms with Gasteiger partial charge in [0.05, 0.1) is 161 Å². The molecular weight excluding hydrogens is 1460 g/mol. The summed E-state index contributed by atoms with van der Waals surface area (Å²) in [5.74, 6) is 4.31. The summed E-state index contributed by atoms with van der Waals surface area (Å²) in [6, 6.07) is 39.0. The average Bonchev–Trinajstić information content (AvgIpc) is 1.66. The number of benzene rings is 5. The molecule has 17 aromatic rings. The first-order valence-corrected chi connectivity index (χ1v) is 34.3. The van der Waals surface area contributed by atoms with E-state index in [9.17, 15) is 24.0 Å². The maximum absolute atomic E-state index is 12.5. The summed E-state index contributed by atoms with van der Waals surface area (Å²) < 4.78 is 59.7. The molecule has 35 nitrogen and oxygen atoms in total. The number of aromatic carboxylic acids is 1. The number of carboxylic acid groups (broad SMARTS) is 1. The second kappa shape index (κ2) is 35.1. The van der Waals surface area contributed by atoms with E-state index in [-0.39, 0.29) is 34.4 Å². The van der Waals surface area contributed by atoms with Crippen LogP contribution in [0.3, 0.4) is 0 Å². The Kier molecular flexibility index (Phi) is 23.9. The van der Waals surface area contributed by atoms with Crippen molar-refractivity contribution in [3.63, 3.8) is 0 Å². The van der Waals surface area contributed by atoms with Gasteiger partial charge in [0.1, 0.15) is 45.9 Å². The lowest BCUT2D eigenvalue weighted by Gasteiger charge is -2.06. The number of rotatable bonds is 16. The summed E-state index contributed by atoms with van der Waals surface area (Å²) in [4.78, 5) is 109. The van der Waals surface area contributed by atoms with Crippen LogP contribution < -0.4 is 44.2 Å². The van der Waals surface area contributed by atoms with Crippen molar-refractivity contribution in [3.8, 4) is 40.2 Å². The minimum atomic E-state index is -1.07. The number of ether oxygens (including phenoxy) is 10. The van der Waals surface area contributed by atoms with Crippen LogP contribution in [-0.4, -0.2) is 186 Å². The van der Waals surface area contributed by atoms with Crippen LogP contribution in [0.1, 0.15) is 73.2 Å². The number of nitrogens with zero attached hydrogens (tertiary/aromatic N) is 17. The third-order valence-electron chi connectivity index (χ3n) is 16.5. The molecule has 12 aromatic heterocycles. The third kappa shape index (κ3) is 17.6. The largest absolute Gasteiger partial charge is 0.497 e. The molecule has 1 amide bonds. The van der Waals surface area contributed by atoms with E-state index in [1.54, 1.807) is 169 Å². The Labute approximate surface area is 640 Å². The fraction of sp³-hybridized carbons (Fsp3) is 0.167. The van der Waals surface area contributed by atoms with Crippen molar-refractivity contribution in [1.82, 2.24) is 81.8 Å². The Morgan fingerprint density at radius 2 is 0.646 bits per heavy atom. The van der Waals surface area contributed by atoms with Gasteiger partial charge < -0.3 is 63.5 Å². The highest BCUT2D eigenvalue weighted by Gasteiger charge is 2.19. The van der Waals surface area contributed by atoms with E-state index in [4.69, 9.17) is 58.2 Å². The van der Waals surface area contributed by atoms with Crippen molar-refractivity contribution < 1.29 is 76.4 Å². The Bertz CT molecular complexity index is 6210. The number of amides is 1. The number of carbonyl (C=O) groups excluding carboxylic acids is 4. The maximum atomic E-state index is 12.5. The number of nitrogens with one attached hydrogen (secondary N) is 1. The number of carbonyl (C=O) groups is 5. The quantitative estimate of drug-likeness (QED) is 0.0597. The molecule has 0 aliphatic rings. The molecule has 0 saturated carbocycles. The first-order chi connectivity index (χ1) is 54.9. The number of methoxy groups -OCH3 is 7. The molecule has 0 atom stereocenters. The van der Waals surface area contributed by atoms with Crippen LogP contribution in [0.5, 0.6) is 40.2 Å². The second-order valence-corrected chi connectivity index (χ2v) is 23.4. The van der Waals surface area contributed by atoms with Gasteiger partial charge in [0, 0.05) is 73.4 Å². The lowest BCUT2D eigenvalue weighted by atomic mass is 10.3. The summed E-state index contributed by atoms with van der Waals surface area (Å²) in [6.45, 7) is 6.23. The molecule has 0 radical (unpaired) electrons. The molecule has 574 valence electrons. The molecule has 5 aromatic carbocycles. The number of anilines is 2. The number of carboxylic acids is 1. The number of esters is 3. The molecule has 0 aliphatic carbocycles. The summed E-state index contributed by atoms with van der Waals surface area (Å²) in [7, 11) is 11.1. The molecule has 0 spiro atoms. The lowest BCUT2D eigenvalue weighted by molar-refractivity contribution is 0.0510. The van der Waals surface area contributed by atoms with Crippen LogP contribution in [0.15, 0.2) is 189 Å². The van der Waals surface area contributed by atoms with Gasteiger partial charge in [0.15, 0.2) is 22.8 Å². The summed E-state index contributed by atoms with van der Waals surface area (Å²) >= 11 is 0. The number of nitrogen functional groups attached to an aromatic ring is 1. The van der Waals surface area contributed by atoms with Gasteiger partial charge in [-0.2, -0.15) is 0 Å². The topological polar surface area (TPSA) is 413 Å². The average molecular weight is 1530 g/mol. The summed E-state index contributed by atoms with van der Waals surface area (Å²) in [6.07, 6.45) is 14.9. The van der Waals surface area contributed by atoms with E-state index in [2.05, 4.69) is 65.1 Å². The second-order valence-electron chi connectivity index (χ2n) is 23.4. The van der Waals surface area contributed by atoms with Gasteiger partial charge in [-0.05, 0) is 112 Å². The number of nitrogens with two attached hydrogens (primary N) is 1. The Morgan fingerprint density at radius 1 is 0.336 bits per heavy atom. The van der Waals surface area contributed by atoms with Gasteiger partial charge in [-0.15, -0.1) is 0 Å². The molecule has 113 heavy (non-hydrogen) atoms. The highest BCUT2D eigenvalue weighted by Crippen LogP contribution is 2.28. The van der Waals surface area contributed by atoms with Crippen LogP contribution in [0, 0.1) is 0 Å². The SMILES string of the molecule is CCOC(=O)c1ccn2c(n1)nc1cc(OC)ccc12.CCOC(=O)c1ccn2c(n1)nc1ccc(OC)cc12.CCOC(=O)c1ccn2c(n1)nc1ccc(OC)cc12.COc1ccc2nc3nc(C(=O)O)ccn3c2c1.COc1cncc(N)c1.COc1cncc(NC(=O)c2ccn3c(n2)nc2ccc(OC)cc23)c1. The monoisotopic (exact) mass is 1530 g/mol. The molecule has 0 aliphatic heterocycles. The first kappa shape index (κ1) is 77.2. The minimum Gasteiger partial charge on any atom is -0.497 e. The van der Waals surface area contributed by atoms with Crippen molar-refractivity contribution >= 4 is 125 Å². The number of hydrogen-bond donors (Lipinski definition) is 3. The van der Waals surface area contributed by atoms with E-state index in [0.29, 0.717) is 77.3 Å². The molecule has 17 rings (SSSR count). The number of aromatic nitrogens is 17. The molecule has 12 heterocycles. The number of hydrogen-bond acceptors (Lipinski definition) is 28. The zero-order valence-corrected chi connectivity index (χ0v) is 62.3. The van der Waals surface area contributed by atoms with Gasteiger partial charge in [0.2, 0.25) is 28.9 Å². The normalized spacial score (nSPS) is 10.7. The standard InChI is InChI=1S/C18H15N5O3.3C14H13N3O3.C12H9N3O3.C6H8N2O/c1-25-12-3-4-14-16(8-12)23-6-5-15(22-18(23)21-14)17(24)20-11-7-13(26-2)10-19-9-11;1-3-20-13(18)10-6-7-17-12-5-4-9(19-2)8-11(12)16-14(17)15-10;2*1-3-20-13(18)11-6-7-17-12-8-9(19-2)4-5-10(12)15-14(17)16-11;1-18-7-2-3-8-10(6-7)15-5-4-9(11(16)17)14-12(15)13-8;1-9-6-2-5(7)3-8-4-6/h3-10H,1-2H3,(H,20,24);3*4-8H,3H2,1-2H3;2-6H,1H3,(H,16,17);2-4H,7H2,1H3. The van der Waals surface area contributed by atoms with Crippen molar-refractivity contribution in [2.24, 2.45) is 0 Å². The van der Waals surface area contributed by atoms with Crippen molar-refractivity contribution in [1.29, 1.82) is 0 Å². The van der Waals surface area contributed by atoms with Gasteiger partial charge in [-0.1, -0.05) is 0 Å². The number of pyridine rings is 2. The lowest BCUT2D eigenvalue weighted by Crippen LogP contribution is -2.14. The molecule has 4 N–H and O–H groups in total. The molecule has 35 heteroatoms. The Morgan fingerprint density at radius 3 is 1.00 bits per heavy atom. The molecule has 0 unspecified atom stereocenters. The first-order valence-electron chi connectivity index (χ1n) is 34.3. The smallest absolute Gasteiger partial charge is 0.357 e. The summed E-state index contributed by atoms with van der Waals surface area (Å²) in [5, 5.41) is 11.6. The highest BCUT2D eigenvalue weighted by molar-refractivity contribution is 6.03.